The largest absolute Gasteiger partial charge is 0.337 e. The van der Waals surface area contributed by atoms with Crippen LogP contribution in [0.3, 0.4) is 0 Å². The van der Waals surface area contributed by atoms with Gasteiger partial charge in [0.2, 0.25) is 0 Å². The normalized spacial score (nSPS) is 9.67. The van der Waals surface area contributed by atoms with Gasteiger partial charge in [-0.05, 0) is 13.3 Å². The predicted octanol–water partition coefficient (Wildman–Crippen LogP) is 4.46. The quantitative estimate of drug-likeness (QED) is 0.710. The zero-order valence-corrected chi connectivity index (χ0v) is 11.5. The summed E-state index contributed by atoms with van der Waals surface area (Å²) in [4.78, 5) is 3.98. The summed E-state index contributed by atoms with van der Waals surface area (Å²) in [6, 6.07) is 10.3. The number of aromatic nitrogens is 2. The molecule has 0 unspecified atom stereocenters. The molecule has 1 aromatic carbocycles. The van der Waals surface area contributed by atoms with Crippen LogP contribution >= 0.6 is 0 Å². The maximum Gasteiger partial charge on any atom is 0.0945 e. The number of rotatable bonds is 5. The summed E-state index contributed by atoms with van der Waals surface area (Å²) in [5, 5.41) is 0. The molecule has 0 fully saturated rings. The lowest BCUT2D eigenvalue weighted by atomic mass is 10.2. The molecule has 18 heavy (non-hydrogen) atoms. The number of unbranched alkanes of at least 4 members (excludes halogenated alkanes) is 3. The van der Waals surface area contributed by atoms with Gasteiger partial charge >= 0.3 is 0 Å². The van der Waals surface area contributed by atoms with Crippen LogP contribution in [0.15, 0.2) is 49.1 Å². The SMILES string of the molecule is CCCCCCn1ccnc1.Cc1ccccc1. The standard InChI is InChI=1S/C9H16N2.C7H8/c1-2-3-4-5-7-11-8-6-10-9-11;1-7-5-3-2-4-6-7/h6,8-9H,2-5,7H2,1H3;2-6H,1H3. The zero-order valence-electron chi connectivity index (χ0n) is 11.5. The van der Waals surface area contributed by atoms with Gasteiger partial charge in [0.15, 0.2) is 0 Å². The van der Waals surface area contributed by atoms with Crippen LogP contribution in [0.5, 0.6) is 0 Å². The Labute approximate surface area is 111 Å². The minimum atomic E-state index is 1.12. The molecule has 2 rings (SSSR count). The molecule has 0 amide bonds. The highest BCUT2D eigenvalue weighted by Gasteiger charge is 1.89. The smallest absolute Gasteiger partial charge is 0.0945 e. The van der Waals surface area contributed by atoms with E-state index in [0.29, 0.717) is 0 Å². The molecule has 0 saturated heterocycles. The van der Waals surface area contributed by atoms with Crippen molar-refractivity contribution in [3.05, 3.63) is 54.6 Å². The molecule has 0 aliphatic heterocycles. The highest BCUT2D eigenvalue weighted by molar-refractivity contribution is 5.11. The van der Waals surface area contributed by atoms with E-state index >= 15 is 0 Å². The van der Waals surface area contributed by atoms with Crippen molar-refractivity contribution in [2.45, 2.75) is 46.1 Å². The van der Waals surface area contributed by atoms with E-state index < -0.39 is 0 Å². The number of imidazole rings is 1. The summed E-state index contributed by atoms with van der Waals surface area (Å²) < 4.78 is 2.13. The third-order valence-corrected chi connectivity index (χ3v) is 2.77. The molecule has 0 saturated carbocycles. The molecule has 1 aromatic heterocycles. The van der Waals surface area contributed by atoms with Crippen molar-refractivity contribution in [2.24, 2.45) is 0 Å². The van der Waals surface area contributed by atoms with Crippen LogP contribution in [0.25, 0.3) is 0 Å². The Morgan fingerprint density at radius 2 is 1.83 bits per heavy atom. The maximum absolute atomic E-state index is 3.98. The first kappa shape index (κ1) is 14.5. The van der Waals surface area contributed by atoms with Gasteiger partial charge in [-0.1, -0.05) is 62.1 Å². The molecule has 2 aromatic rings. The molecule has 0 aliphatic rings. The fourth-order valence-electron chi connectivity index (χ4n) is 1.67. The van der Waals surface area contributed by atoms with Gasteiger partial charge in [0.1, 0.15) is 0 Å². The van der Waals surface area contributed by atoms with E-state index in [9.17, 15) is 0 Å². The number of benzene rings is 1. The van der Waals surface area contributed by atoms with Crippen molar-refractivity contribution >= 4 is 0 Å². The van der Waals surface area contributed by atoms with Gasteiger partial charge < -0.3 is 4.57 Å². The molecule has 1 heterocycles. The maximum atomic E-state index is 3.98. The van der Waals surface area contributed by atoms with Crippen LogP contribution in [0, 0.1) is 6.92 Å². The lowest BCUT2D eigenvalue weighted by Gasteiger charge is -1.99. The van der Waals surface area contributed by atoms with Crippen LogP contribution in [0.1, 0.15) is 38.2 Å². The molecule has 98 valence electrons. The average molecular weight is 244 g/mol. The molecule has 2 heteroatoms. The Balaban J connectivity index is 0.000000199. The van der Waals surface area contributed by atoms with E-state index in [1.807, 2.05) is 36.9 Å². The number of nitrogens with zero attached hydrogens (tertiary/aromatic N) is 2. The Hall–Kier alpha value is -1.57. The molecule has 0 atom stereocenters. The summed E-state index contributed by atoms with van der Waals surface area (Å²) in [5.74, 6) is 0. The Kier molecular flexibility index (Phi) is 7.61. The predicted molar refractivity (Wildman–Crippen MR) is 77.5 cm³/mol. The molecule has 0 spiro atoms. The van der Waals surface area contributed by atoms with Crippen molar-refractivity contribution in [3.8, 4) is 0 Å². The Morgan fingerprint density at radius 3 is 2.33 bits per heavy atom. The summed E-state index contributed by atoms with van der Waals surface area (Å²) in [6.07, 6.45) is 11.0. The second kappa shape index (κ2) is 9.46. The van der Waals surface area contributed by atoms with Crippen LogP contribution in [0.4, 0.5) is 0 Å². The minimum absolute atomic E-state index is 1.12. The lowest BCUT2D eigenvalue weighted by Crippen LogP contribution is -1.93. The lowest BCUT2D eigenvalue weighted by molar-refractivity contribution is 0.582. The molecule has 0 aliphatic carbocycles. The van der Waals surface area contributed by atoms with Crippen LogP contribution in [-0.2, 0) is 6.54 Å². The zero-order chi connectivity index (χ0) is 13.1. The van der Waals surface area contributed by atoms with Crippen molar-refractivity contribution in [2.75, 3.05) is 0 Å². The van der Waals surface area contributed by atoms with E-state index in [1.165, 1.54) is 31.2 Å². The van der Waals surface area contributed by atoms with Crippen molar-refractivity contribution in [1.29, 1.82) is 0 Å². The average Bonchev–Trinajstić information content (AvgIpc) is 2.90. The van der Waals surface area contributed by atoms with Crippen LogP contribution in [-0.4, -0.2) is 9.55 Å². The molecular weight excluding hydrogens is 220 g/mol. The summed E-state index contributed by atoms with van der Waals surface area (Å²) >= 11 is 0. The van der Waals surface area contributed by atoms with Gasteiger partial charge in [-0.2, -0.15) is 0 Å². The monoisotopic (exact) mass is 244 g/mol. The molecule has 0 N–H and O–H groups in total. The molecular formula is C16H24N2. The van der Waals surface area contributed by atoms with E-state index in [-0.39, 0.29) is 0 Å². The van der Waals surface area contributed by atoms with Gasteiger partial charge in [-0.3, -0.25) is 0 Å². The fourth-order valence-corrected chi connectivity index (χ4v) is 1.67. The number of hydrogen-bond donors (Lipinski definition) is 0. The second-order valence-electron chi connectivity index (χ2n) is 4.52. The fraction of sp³-hybridized carbons (Fsp3) is 0.438. The third-order valence-electron chi connectivity index (χ3n) is 2.77. The first-order valence-corrected chi connectivity index (χ1v) is 6.80. The van der Waals surface area contributed by atoms with Gasteiger partial charge in [-0.25, -0.2) is 4.98 Å². The highest BCUT2D eigenvalue weighted by atomic mass is 15.0. The van der Waals surface area contributed by atoms with Crippen LogP contribution < -0.4 is 0 Å². The second-order valence-corrected chi connectivity index (χ2v) is 4.52. The van der Waals surface area contributed by atoms with Crippen LogP contribution in [0.2, 0.25) is 0 Å². The minimum Gasteiger partial charge on any atom is -0.337 e. The van der Waals surface area contributed by atoms with Crippen molar-refractivity contribution in [1.82, 2.24) is 9.55 Å². The highest BCUT2D eigenvalue weighted by Crippen LogP contribution is 2.00. The number of aryl methyl sites for hydroxylation is 2. The first-order chi connectivity index (χ1) is 8.83. The van der Waals surface area contributed by atoms with Gasteiger partial charge in [0.05, 0.1) is 6.33 Å². The molecule has 2 nitrogen and oxygen atoms in total. The Bertz CT molecular complexity index is 379. The van der Waals surface area contributed by atoms with Gasteiger partial charge in [0.25, 0.3) is 0 Å². The summed E-state index contributed by atoms with van der Waals surface area (Å²) in [6.45, 7) is 5.44. The third kappa shape index (κ3) is 6.89. The topological polar surface area (TPSA) is 17.8 Å². The van der Waals surface area contributed by atoms with E-state index in [4.69, 9.17) is 0 Å². The van der Waals surface area contributed by atoms with E-state index in [2.05, 4.69) is 35.5 Å². The van der Waals surface area contributed by atoms with Gasteiger partial charge in [-0.15, -0.1) is 0 Å². The molecule has 0 radical (unpaired) electrons. The molecule has 0 bridgehead atoms. The first-order valence-electron chi connectivity index (χ1n) is 6.80. The summed E-state index contributed by atoms with van der Waals surface area (Å²) in [7, 11) is 0. The van der Waals surface area contributed by atoms with E-state index in [1.54, 1.807) is 0 Å². The van der Waals surface area contributed by atoms with Crippen molar-refractivity contribution in [3.63, 3.8) is 0 Å². The summed E-state index contributed by atoms with van der Waals surface area (Å²) in [5.41, 5.74) is 1.32. The van der Waals surface area contributed by atoms with Gasteiger partial charge in [0, 0.05) is 18.9 Å². The van der Waals surface area contributed by atoms with Crippen molar-refractivity contribution < 1.29 is 0 Å². The number of hydrogen-bond acceptors (Lipinski definition) is 1. The Morgan fingerprint density at radius 1 is 1.06 bits per heavy atom. The van der Waals surface area contributed by atoms with E-state index in [0.717, 1.165) is 6.54 Å².